The van der Waals surface area contributed by atoms with E-state index in [9.17, 15) is 4.39 Å². The van der Waals surface area contributed by atoms with E-state index in [2.05, 4.69) is 5.43 Å². The molecule has 0 unspecified atom stereocenters. The maximum atomic E-state index is 12.8. The van der Waals surface area contributed by atoms with Crippen molar-refractivity contribution in [1.82, 2.24) is 5.43 Å². The minimum absolute atomic E-state index is 0. The normalized spacial score (nSPS) is 8.46. The van der Waals surface area contributed by atoms with Gasteiger partial charge in [0, 0.05) is 6.54 Å². The fraction of sp³-hybridized carbons (Fsp3) is 0.250. The molecule has 0 atom stereocenters. The highest BCUT2D eigenvalue weighted by Gasteiger charge is 1.97. The second-order valence-electron chi connectivity index (χ2n) is 2.30. The van der Waals surface area contributed by atoms with Crippen LogP contribution in [0, 0.1) is 5.82 Å². The molecule has 0 saturated heterocycles. The van der Waals surface area contributed by atoms with Gasteiger partial charge in [0.15, 0.2) is 0 Å². The molecule has 1 aromatic carbocycles. The zero-order valence-electron chi connectivity index (χ0n) is 7.00. The fourth-order valence-electron chi connectivity index (χ4n) is 0.908. The van der Waals surface area contributed by atoms with E-state index in [1.807, 2.05) is 6.07 Å². The Morgan fingerprint density at radius 3 is 2.38 bits per heavy atom. The molecule has 2 nitrogen and oxygen atoms in total. The van der Waals surface area contributed by atoms with Crippen LogP contribution in [-0.4, -0.2) is 6.54 Å². The quantitative estimate of drug-likeness (QED) is 0.609. The fourth-order valence-corrected chi connectivity index (χ4v) is 0.908. The maximum Gasteiger partial charge on any atom is 0.126 e. The van der Waals surface area contributed by atoms with Crippen molar-refractivity contribution in [3.63, 3.8) is 0 Å². The van der Waals surface area contributed by atoms with E-state index in [1.54, 1.807) is 12.1 Å². The molecule has 1 aromatic rings. The molecular weight excluding hydrogens is 214 g/mol. The first-order valence-electron chi connectivity index (χ1n) is 3.51. The maximum absolute atomic E-state index is 12.8. The predicted molar refractivity (Wildman–Crippen MR) is 56.8 cm³/mol. The van der Waals surface area contributed by atoms with Crippen LogP contribution in [-0.2, 0) is 6.42 Å². The first kappa shape index (κ1) is 15.1. The minimum Gasteiger partial charge on any atom is -0.271 e. The molecule has 0 saturated carbocycles. The van der Waals surface area contributed by atoms with Crippen LogP contribution in [0.15, 0.2) is 24.3 Å². The molecule has 3 N–H and O–H groups in total. The molecule has 0 aliphatic carbocycles. The first-order valence-corrected chi connectivity index (χ1v) is 3.51. The SMILES string of the molecule is Cl.Cl.NNCCc1ccccc1F. The van der Waals surface area contributed by atoms with E-state index in [0.29, 0.717) is 18.5 Å². The summed E-state index contributed by atoms with van der Waals surface area (Å²) in [4.78, 5) is 0. The Kier molecular flexibility index (Phi) is 9.61. The third-order valence-corrected chi connectivity index (χ3v) is 1.50. The van der Waals surface area contributed by atoms with Gasteiger partial charge in [-0.3, -0.25) is 11.3 Å². The van der Waals surface area contributed by atoms with Gasteiger partial charge in [0.25, 0.3) is 0 Å². The molecule has 0 bridgehead atoms. The molecule has 0 amide bonds. The molecule has 0 heterocycles. The van der Waals surface area contributed by atoms with E-state index in [0.717, 1.165) is 0 Å². The van der Waals surface area contributed by atoms with Crippen molar-refractivity contribution in [2.45, 2.75) is 6.42 Å². The summed E-state index contributed by atoms with van der Waals surface area (Å²) in [7, 11) is 0. The van der Waals surface area contributed by atoms with Crippen LogP contribution in [0.5, 0.6) is 0 Å². The zero-order valence-corrected chi connectivity index (χ0v) is 8.63. The van der Waals surface area contributed by atoms with Crippen molar-refractivity contribution in [3.05, 3.63) is 35.6 Å². The van der Waals surface area contributed by atoms with Gasteiger partial charge in [-0.25, -0.2) is 4.39 Å². The summed E-state index contributed by atoms with van der Waals surface area (Å²) >= 11 is 0. The zero-order chi connectivity index (χ0) is 8.10. The molecule has 1 rings (SSSR count). The van der Waals surface area contributed by atoms with Gasteiger partial charge in [-0.1, -0.05) is 18.2 Å². The Morgan fingerprint density at radius 1 is 1.23 bits per heavy atom. The van der Waals surface area contributed by atoms with Gasteiger partial charge < -0.3 is 0 Å². The van der Waals surface area contributed by atoms with E-state index in [1.165, 1.54) is 6.07 Å². The second-order valence-corrected chi connectivity index (χ2v) is 2.30. The lowest BCUT2D eigenvalue weighted by Crippen LogP contribution is -2.24. The average Bonchev–Trinajstić information content (AvgIpc) is 2.03. The number of nitrogens with two attached hydrogens (primary N) is 1. The van der Waals surface area contributed by atoms with Gasteiger partial charge in [-0.2, -0.15) is 0 Å². The molecule has 0 aromatic heterocycles. The minimum atomic E-state index is -0.164. The molecule has 13 heavy (non-hydrogen) atoms. The molecule has 76 valence electrons. The summed E-state index contributed by atoms with van der Waals surface area (Å²) in [6.45, 7) is 0.598. The molecule has 5 heteroatoms. The highest BCUT2D eigenvalue weighted by Crippen LogP contribution is 2.05. The van der Waals surface area contributed by atoms with Gasteiger partial charge in [0.1, 0.15) is 5.82 Å². The van der Waals surface area contributed by atoms with E-state index in [-0.39, 0.29) is 30.6 Å². The average molecular weight is 227 g/mol. The van der Waals surface area contributed by atoms with E-state index < -0.39 is 0 Å². The Hall–Kier alpha value is -0.350. The molecule has 0 aliphatic rings. The summed E-state index contributed by atoms with van der Waals surface area (Å²) in [5.41, 5.74) is 3.18. The predicted octanol–water partition coefficient (Wildman–Crippen LogP) is 1.68. The van der Waals surface area contributed by atoms with Crippen LogP contribution >= 0.6 is 24.8 Å². The van der Waals surface area contributed by atoms with E-state index >= 15 is 0 Å². The monoisotopic (exact) mass is 226 g/mol. The van der Waals surface area contributed by atoms with Gasteiger partial charge in [-0.05, 0) is 18.1 Å². The van der Waals surface area contributed by atoms with Crippen molar-refractivity contribution >= 4 is 24.8 Å². The Labute approximate surface area is 89.5 Å². The smallest absolute Gasteiger partial charge is 0.126 e. The standard InChI is InChI=1S/C8H11FN2.2ClH/c9-8-4-2-1-3-7(8)5-6-11-10;;/h1-4,11H,5-6,10H2;2*1H. The largest absolute Gasteiger partial charge is 0.271 e. The number of hydrogen-bond donors (Lipinski definition) is 2. The van der Waals surface area contributed by atoms with E-state index in [4.69, 9.17) is 5.84 Å². The lowest BCUT2D eigenvalue weighted by Gasteiger charge is -2.00. The second kappa shape index (κ2) is 8.26. The lowest BCUT2D eigenvalue weighted by atomic mass is 10.1. The van der Waals surface area contributed by atoms with Crippen LogP contribution in [0.25, 0.3) is 0 Å². The topological polar surface area (TPSA) is 38.0 Å². The third-order valence-electron chi connectivity index (χ3n) is 1.50. The number of nitrogens with one attached hydrogen (secondary N) is 1. The summed E-state index contributed by atoms with van der Waals surface area (Å²) in [5.74, 6) is 4.89. The highest BCUT2D eigenvalue weighted by atomic mass is 35.5. The number of halogens is 3. The number of rotatable bonds is 3. The molecule has 0 spiro atoms. The van der Waals surface area contributed by atoms with Crippen LogP contribution < -0.4 is 11.3 Å². The summed E-state index contributed by atoms with van der Waals surface area (Å²) < 4.78 is 12.8. The Morgan fingerprint density at radius 2 is 1.85 bits per heavy atom. The number of benzene rings is 1. The molecule has 0 radical (unpaired) electrons. The van der Waals surface area contributed by atoms with Crippen molar-refractivity contribution in [2.75, 3.05) is 6.54 Å². The van der Waals surface area contributed by atoms with Gasteiger partial charge >= 0.3 is 0 Å². The molecular formula is C8H13Cl2FN2. The molecule has 0 fully saturated rings. The van der Waals surface area contributed by atoms with Crippen molar-refractivity contribution in [1.29, 1.82) is 0 Å². The van der Waals surface area contributed by atoms with Crippen molar-refractivity contribution in [2.24, 2.45) is 5.84 Å². The first-order chi connectivity index (χ1) is 5.34. The number of hydrazine groups is 1. The van der Waals surface area contributed by atoms with Gasteiger partial charge in [0.05, 0.1) is 0 Å². The highest BCUT2D eigenvalue weighted by molar-refractivity contribution is 5.85. The lowest BCUT2D eigenvalue weighted by molar-refractivity contribution is 0.601. The Balaban J connectivity index is 0. The Bertz CT molecular complexity index is 233. The van der Waals surface area contributed by atoms with Crippen LogP contribution in [0.1, 0.15) is 5.56 Å². The van der Waals surface area contributed by atoms with Gasteiger partial charge in [-0.15, -0.1) is 24.8 Å². The van der Waals surface area contributed by atoms with Crippen LogP contribution in [0.3, 0.4) is 0 Å². The number of hydrogen-bond acceptors (Lipinski definition) is 2. The summed E-state index contributed by atoms with van der Waals surface area (Å²) in [6, 6.07) is 6.70. The van der Waals surface area contributed by atoms with Crippen LogP contribution in [0.2, 0.25) is 0 Å². The summed E-state index contributed by atoms with van der Waals surface area (Å²) in [6.07, 6.45) is 0.628. The third kappa shape index (κ3) is 5.05. The molecule has 0 aliphatic heterocycles. The van der Waals surface area contributed by atoms with Gasteiger partial charge in [0.2, 0.25) is 0 Å². The van der Waals surface area contributed by atoms with Crippen LogP contribution in [0.4, 0.5) is 4.39 Å². The van der Waals surface area contributed by atoms with Crippen molar-refractivity contribution in [3.8, 4) is 0 Å². The summed E-state index contributed by atoms with van der Waals surface area (Å²) in [5, 5.41) is 0. The van der Waals surface area contributed by atoms with Crippen molar-refractivity contribution < 1.29 is 4.39 Å².